The maximum atomic E-state index is 13.0. The molecule has 1 fully saturated rings. The van der Waals surface area contributed by atoms with Crippen LogP contribution in [0.1, 0.15) is 174 Å². The third-order valence-corrected chi connectivity index (χ3v) is 10.7. The van der Waals surface area contributed by atoms with Gasteiger partial charge in [0, 0.05) is 6.42 Å². The van der Waals surface area contributed by atoms with E-state index in [1.54, 1.807) is 6.08 Å². The number of nitrogens with one attached hydrogen (secondary N) is 1. The monoisotopic (exact) mass is 842 g/mol. The van der Waals surface area contributed by atoms with Gasteiger partial charge >= 0.3 is 0 Å². The SMILES string of the molecule is CC/C=C\C/C=C\C/C=C\C/C=C\CCCCCCCCCCC(=O)NC(COC1OC(CO)C(O)C(O)C1O)C(O)/C=C/CC/C=C/CC/C=C/CCCCCCCC. The van der Waals surface area contributed by atoms with Crippen LogP contribution in [0.3, 0.4) is 0 Å². The Kier molecular flexibility index (Phi) is 37.3. The van der Waals surface area contributed by atoms with Crippen LogP contribution in [-0.4, -0.2) is 87.5 Å². The fraction of sp³-hybridized carbons (Fsp3) is 0.706. The molecular formula is C51H87NO8. The van der Waals surface area contributed by atoms with E-state index >= 15 is 0 Å². The molecule has 0 aromatic carbocycles. The van der Waals surface area contributed by atoms with Gasteiger partial charge in [-0.3, -0.25) is 4.79 Å². The van der Waals surface area contributed by atoms with Crippen LogP contribution in [0.4, 0.5) is 0 Å². The summed E-state index contributed by atoms with van der Waals surface area (Å²) in [5.74, 6) is -0.204. The third-order valence-electron chi connectivity index (χ3n) is 10.7. The van der Waals surface area contributed by atoms with E-state index < -0.39 is 49.5 Å². The summed E-state index contributed by atoms with van der Waals surface area (Å²) in [6.07, 6.45) is 49.1. The topological polar surface area (TPSA) is 149 Å². The molecule has 1 heterocycles. The number of hydrogen-bond donors (Lipinski definition) is 6. The highest BCUT2D eigenvalue weighted by Gasteiger charge is 2.44. The van der Waals surface area contributed by atoms with Gasteiger partial charge in [0.15, 0.2) is 6.29 Å². The second kappa shape index (κ2) is 40.4. The first-order chi connectivity index (χ1) is 29.3. The lowest BCUT2D eigenvalue weighted by Crippen LogP contribution is -2.60. The van der Waals surface area contributed by atoms with E-state index in [0.717, 1.165) is 89.9 Å². The third kappa shape index (κ3) is 30.4. The summed E-state index contributed by atoms with van der Waals surface area (Å²) in [6, 6.07) is -0.837. The first-order valence-electron chi connectivity index (χ1n) is 23.8. The normalized spacial score (nSPS) is 21.4. The van der Waals surface area contributed by atoms with Crippen LogP contribution in [0, 0.1) is 0 Å². The fourth-order valence-corrected chi connectivity index (χ4v) is 6.88. The Morgan fingerprint density at radius 2 is 1.05 bits per heavy atom. The quantitative estimate of drug-likeness (QED) is 0.0266. The van der Waals surface area contributed by atoms with Crippen LogP contribution >= 0.6 is 0 Å². The zero-order valence-electron chi connectivity index (χ0n) is 37.7. The second-order valence-corrected chi connectivity index (χ2v) is 16.1. The number of carbonyl (C=O) groups is 1. The van der Waals surface area contributed by atoms with Crippen LogP contribution in [-0.2, 0) is 14.3 Å². The maximum Gasteiger partial charge on any atom is 0.220 e. The standard InChI is InChI=1S/C51H87NO8/c1-3-5-7-9-11-13-15-17-19-21-22-23-24-25-27-29-31-33-35-37-39-41-47(55)52-44(43-59-51-50(58)49(57)48(56)46(42-53)60-51)45(54)40-38-36-34-32-30-28-26-20-18-16-14-12-10-8-6-4-2/h5,7,11,13,17-20,22-23,30,32,38,40,44-46,48-51,53-54,56-58H,3-4,6,8-10,12,14-16,21,24-29,31,33-37,39,41-43H2,1-2H3,(H,52,55)/b7-5-,13-11-,19-17-,20-18+,23-22-,32-30+,40-38+. The number of unbranched alkanes of at least 4 members (excludes halogenated alkanes) is 16. The molecule has 0 aromatic heterocycles. The van der Waals surface area contributed by atoms with E-state index in [4.69, 9.17) is 9.47 Å². The molecule has 6 N–H and O–H groups in total. The van der Waals surface area contributed by atoms with Gasteiger partial charge in [-0.1, -0.05) is 170 Å². The zero-order valence-corrected chi connectivity index (χ0v) is 37.7. The minimum atomic E-state index is -1.58. The van der Waals surface area contributed by atoms with Gasteiger partial charge < -0.3 is 40.3 Å². The van der Waals surface area contributed by atoms with Gasteiger partial charge in [0.05, 0.1) is 25.4 Å². The minimum Gasteiger partial charge on any atom is -0.394 e. The van der Waals surface area contributed by atoms with E-state index in [9.17, 15) is 30.3 Å². The molecule has 1 aliphatic rings. The average molecular weight is 842 g/mol. The largest absolute Gasteiger partial charge is 0.394 e. The number of amides is 1. The maximum absolute atomic E-state index is 13.0. The van der Waals surface area contributed by atoms with Crippen molar-refractivity contribution in [2.75, 3.05) is 13.2 Å². The van der Waals surface area contributed by atoms with Crippen molar-refractivity contribution in [2.45, 2.75) is 217 Å². The highest BCUT2D eigenvalue weighted by Crippen LogP contribution is 2.22. The molecule has 9 nitrogen and oxygen atoms in total. The van der Waals surface area contributed by atoms with Gasteiger partial charge in [-0.15, -0.1) is 0 Å². The van der Waals surface area contributed by atoms with Crippen molar-refractivity contribution in [2.24, 2.45) is 0 Å². The molecule has 0 aliphatic carbocycles. The van der Waals surface area contributed by atoms with Gasteiger partial charge in [-0.2, -0.15) is 0 Å². The van der Waals surface area contributed by atoms with Crippen LogP contribution in [0.5, 0.6) is 0 Å². The highest BCUT2D eigenvalue weighted by molar-refractivity contribution is 5.76. The van der Waals surface area contributed by atoms with E-state index in [1.807, 2.05) is 6.08 Å². The molecule has 1 rings (SSSR count). The molecule has 0 spiro atoms. The minimum absolute atomic E-state index is 0.204. The summed E-state index contributed by atoms with van der Waals surface area (Å²) in [7, 11) is 0. The smallest absolute Gasteiger partial charge is 0.220 e. The Labute approximate surface area is 365 Å². The number of ether oxygens (including phenoxy) is 2. The molecule has 0 saturated carbocycles. The van der Waals surface area contributed by atoms with Crippen molar-refractivity contribution >= 4 is 5.91 Å². The molecule has 0 aromatic rings. The predicted octanol–water partition coefficient (Wildman–Crippen LogP) is 10.3. The van der Waals surface area contributed by atoms with Crippen molar-refractivity contribution in [3.8, 4) is 0 Å². The van der Waals surface area contributed by atoms with Gasteiger partial charge in [-0.05, 0) is 83.5 Å². The second-order valence-electron chi connectivity index (χ2n) is 16.1. The summed E-state index contributed by atoms with van der Waals surface area (Å²) in [6.45, 7) is 3.61. The molecule has 1 amide bonds. The van der Waals surface area contributed by atoms with E-state index in [-0.39, 0.29) is 12.5 Å². The Bertz CT molecular complexity index is 1210. The number of aliphatic hydroxyl groups excluding tert-OH is 5. The van der Waals surface area contributed by atoms with Crippen LogP contribution < -0.4 is 5.32 Å². The molecule has 344 valence electrons. The lowest BCUT2D eigenvalue weighted by Gasteiger charge is -2.40. The summed E-state index contributed by atoms with van der Waals surface area (Å²) in [5, 5.41) is 54.2. The van der Waals surface area contributed by atoms with Crippen LogP contribution in [0.15, 0.2) is 85.1 Å². The molecule has 7 atom stereocenters. The lowest BCUT2D eigenvalue weighted by molar-refractivity contribution is -0.302. The number of aliphatic hydroxyl groups is 5. The van der Waals surface area contributed by atoms with Crippen molar-refractivity contribution in [3.05, 3.63) is 85.1 Å². The average Bonchev–Trinajstić information content (AvgIpc) is 3.25. The van der Waals surface area contributed by atoms with E-state index in [0.29, 0.717) is 6.42 Å². The van der Waals surface area contributed by atoms with Crippen molar-refractivity contribution < 1.29 is 39.8 Å². The molecule has 0 radical (unpaired) electrons. The molecular weight excluding hydrogens is 755 g/mol. The zero-order chi connectivity index (χ0) is 43.7. The highest BCUT2D eigenvalue weighted by atomic mass is 16.7. The Balaban J connectivity index is 2.37. The molecule has 1 aliphatic heterocycles. The van der Waals surface area contributed by atoms with Gasteiger partial charge in [0.1, 0.15) is 24.4 Å². The van der Waals surface area contributed by atoms with Crippen molar-refractivity contribution in [3.63, 3.8) is 0 Å². The van der Waals surface area contributed by atoms with E-state index in [2.05, 4.69) is 92.1 Å². The summed E-state index contributed by atoms with van der Waals surface area (Å²) in [5.41, 5.74) is 0. The molecule has 60 heavy (non-hydrogen) atoms. The Hall–Kier alpha value is -2.63. The van der Waals surface area contributed by atoms with Crippen molar-refractivity contribution in [1.82, 2.24) is 5.32 Å². The predicted molar refractivity (Wildman–Crippen MR) is 248 cm³/mol. The first kappa shape index (κ1) is 55.4. The number of carbonyl (C=O) groups excluding carboxylic acids is 1. The fourth-order valence-electron chi connectivity index (χ4n) is 6.88. The Morgan fingerprint density at radius 3 is 1.60 bits per heavy atom. The van der Waals surface area contributed by atoms with Crippen molar-refractivity contribution in [1.29, 1.82) is 0 Å². The molecule has 1 saturated heterocycles. The summed E-state index contributed by atoms with van der Waals surface area (Å²) in [4.78, 5) is 13.0. The summed E-state index contributed by atoms with van der Waals surface area (Å²) >= 11 is 0. The van der Waals surface area contributed by atoms with Gasteiger partial charge in [-0.25, -0.2) is 0 Å². The molecule has 0 bridgehead atoms. The van der Waals surface area contributed by atoms with Crippen LogP contribution in [0.2, 0.25) is 0 Å². The van der Waals surface area contributed by atoms with Crippen LogP contribution in [0.25, 0.3) is 0 Å². The van der Waals surface area contributed by atoms with E-state index in [1.165, 1.54) is 64.2 Å². The Morgan fingerprint density at radius 1 is 0.583 bits per heavy atom. The van der Waals surface area contributed by atoms with Gasteiger partial charge in [0.2, 0.25) is 5.91 Å². The lowest BCUT2D eigenvalue weighted by atomic mass is 9.99. The number of allylic oxidation sites excluding steroid dienone is 13. The van der Waals surface area contributed by atoms with Gasteiger partial charge in [0.25, 0.3) is 0 Å². The summed E-state index contributed by atoms with van der Waals surface area (Å²) < 4.78 is 11.2. The molecule has 7 unspecified atom stereocenters. The molecule has 9 heteroatoms. The number of hydrogen-bond acceptors (Lipinski definition) is 8. The first-order valence-corrected chi connectivity index (χ1v) is 23.8. The number of rotatable bonds is 38.